The molecule has 0 saturated heterocycles. The fraction of sp³-hybridized carbons (Fsp3) is 0.211. The van der Waals surface area contributed by atoms with Crippen LogP contribution >= 0.6 is 0 Å². The summed E-state index contributed by atoms with van der Waals surface area (Å²) in [5.74, 6) is 0.619. The molecule has 2 aromatic heterocycles. The van der Waals surface area contributed by atoms with Gasteiger partial charge in [-0.3, -0.25) is 4.79 Å². The molecular formula is C19H21N5O. The van der Waals surface area contributed by atoms with Crippen LogP contribution in [0.5, 0.6) is 0 Å². The molecular weight excluding hydrogens is 314 g/mol. The van der Waals surface area contributed by atoms with Crippen LogP contribution in [0.15, 0.2) is 67.1 Å². The van der Waals surface area contributed by atoms with Crippen LogP contribution in [-0.2, 0) is 0 Å². The number of aromatic nitrogens is 3. The normalized spacial score (nSPS) is 10.8. The maximum atomic E-state index is 13.0. The molecule has 0 aliphatic heterocycles. The van der Waals surface area contributed by atoms with Crippen LogP contribution in [0.2, 0.25) is 0 Å². The Labute approximate surface area is 147 Å². The highest BCUT2D eigenvalue weighted by Crippen LogP contribution is 2.17. The molecule has 0 atom stereocenters. The first-order valence-electron chi connectivity index (χ1n) is 8.13. The van der Waals surface area contributed by atoms with E-state index >= 15 is 0 Å². The molecule has 25 heavy (non-hydrogen) atoms. The van der Waals surface area contributed by atoms with Crippen molar-refractivity contribution in [2.24, 2.45) is 0 Å². The Kier molecular flexibility index (Phi) is 5.20. The number of likely N-dealkylation sites (N-methyl/N-ethyl adjacent to an activating group) is 1. The minimum absolute atomic E-state index is 0.0624. The zero-order valence-corrected chi connectivity index (χ0v) is 14.4. The number of hydrogen-bond donors (Lipinski definition) is 0. The van der Waals surface area contributed by atoms with Crippen LogP contribution in [0.1, 0.15) is 10.4 Å². The van der Waals surface area contributed by atoms with E-state index < -0.39 is 0 Å². The molecule has 3 rings (SSSR count). The van der Waals surface area contributed by atoms with E-state index in [0.29, 0.717) is 17.9 Å². The van der Waals surface area contributed by atoms with Gasteiger partial charge < -0.3 is 9.80 Å². The van der Waals surface area contributed by atoms with E-state index in [-0.39, 0.29) is 5.91 Å². The van der Waals surface area contributed by atoms with E-state index in [1.54, 1.807) is 34.1 Å². The molecule has 2 heterocycles. The first-order chi connectivity index (χ1) is 12.1. The lowest BCUT2D eigenvalue weighted by Crippen LogP contribution is -2.36. The van der Waals surface area contributed by atoms with Crippen LogP contribution in [0.3, 0.4) is 0 Å². The second-order valence-electron chi connectivity index (χ2n) is 5.95. The summed E-state index contributed by atoms with van der Waals surface area (Å²) in [5, 5.41) is 4.15. The van der Waals surface area contributed by atoms with Gasteiger partial charge in [0.15, 0.2) is 5.82 Å². The Balaban J connectivity index is 1.84. The number of para-hydroxylation sites is 1. The summed E-state index contributed by atoms with van der Waals surface area (Å²) < 4.78 is 1.66. The van der Waals surface area contributed by atoms with Crippen LogP contribution in [0.4, 0.5) is 5.69 Å². The van der Waals surface area contributed by atoms with Crippen LogP contribution in [0, 0.1) is 0 Å². The summed E-state index contributed by atoms with van der Waals surface area (Å²) in [4.78, 5) is 21.2. The smallest absolute Gasteiger partial charge is 0.259 e. The number of carbonyl (C=O) groups excluding carboxylic acids is 1. The van der Waals surface area contributed by atoms with Gasteiger partial charge in [-0.1, -0.05) is 18.2 Å². The predicted molar refractivity (Wildman–Crippen MR) is 98.0 cm³/mol. The minimum Gasteiger partial charge on any atom is -0.308 e. The molecule has 3 aromatic rings. The summed E-state index contributed by atoms with van der Waals surface area (Å²) in [7, 11) is 3.99. The van der Waals surface area contributed by atoms with Crippen LogP contribution < -0.4 is 4.90 Å². The molecule has 0 fully saturated rings. The average molecular weight is 335 g/mol. The molecule has 0 saturated carbocycles. The van der Waals surface area contributed by atoms with Crippen LogP contribution in [-0.4, -0.2) is 52.8 Å². The fourth-order valence-electron chi connectivity index (χ4n) is 2.46. The standard InChI is InChI=1S/C19H21N5O/c1-22(2)13-14-23(17-7-4-3-5-8-17)19(25)16-9-10-18(20-15-16)24-12-6-11-21-24/h3-12,15H,13-14H2,1-2H3. The van der Waals surface area contributed by atoms with Gasteiger partial charge in [0.2, 0.25) is 0 Å². The molecule has 0 N–H and O–H groups in total. The van der Waals surface area contributed by atoms with Crippen molar-refractivity contribution >= 4 is 11.6 Å². The number of carbonyl (C=O) groups is 1. The Morgan fingerprint density at radius 2 is 1.84 bits per heavy atom. The third kappa shape index (κ3) is 4.10. The summed E-state index contributed by atoms with van der Waals surface area (Å²) in [6, 6.07) is 15.1. The van der Waals surface area contributed by atoms with Gasteiger partial charge in [-0.15, -0.1) is 0 Å². The molecule has 0 radical (unpaired) electrons. The third-order valence-electron chi connectivity index (χ3n) is 3.82. The van der Waals surface area contributed by atoms with Gasteiger partial charge in [0.25, 0.3) is 5.91 Å². The summed E-state index contributed by atoms with van der Waals surface area (Å²) in [5.41, 5.74) is 1.43. The Morgan fingerprint density at radius 1 is 1.04 bits per heavy atom. The maximum absolute atomic E-state index is 13.0. The number of benzene rings is 1. The second-order valence-corrected chi connectivity index (χ2v) is 5.95. The summed E-state index contributed by atoms with van der Waals surface area (Å²) in [6.07, 6.45) is 5.11. The van der Waals surface area contributed by atoms with Gasteiger partial charge in [-0.05, 0) is 44.4 Å². The highest BCUT2D eigenvalue weighted by atomic mass is 16.2. The van der Waals surface area contributed by atoms with Gasteiger partial charge in [-0.25, -0.2) is 9.67 Å². The number of amides is 1. The highest BCUT2D eigenvalue weighted by Gasteiger charge is 2.18. The number of anilines is 1. The van der Waals surface area contributed by atoms with Gasteiger partial charge >= 0.3 is 0 Å². The molecule has 0 bridgehead atoms. The Hall–Kier alpha value is -2.99. The molecule has 6 nitrogen and oxygen atoms in total. The first-order valence-corrected chi connectivity index (χ1v) is 8.13. The topological polar surface area (TPSA) is 54.3 Å². The lowest BCUT2D eigenvalue weighted by molar-refractivity contribution is 0.0985. The molecule has 1 aromatic carbocycles. The fourth-order valence-corrected chi connectivity index (χ4v) is 2.46. The second kappa shape index (κ2) is 7.72. The van der Waals surface area contributed by atoms with E-state index in [1.807, 2.05) is 56.7 Å². The van der Waals surface area contributed by atoms with E-state index in [1.165, 1.54) is 0 Å². The van der Waals surface area contributed by atoms with Crippen molar-refractivity contribution in [1.82, 2.24) is 19.7 Å². The van der Waals surface area contributed by atoms with Gasteiger partial charge in [-0.2, -0.15) is 5.10 Å². The number of nitrogens with zero attached hydrogens (tertiary/aromatic N) is 5. The van der Waals surface area contributed by atoms with Crippen molar-refractivity contribution in [3.05, 3.63) is 72.7 Å². The van der Waals surface area contributed by atoms with Crippen molar-refractivity contribution in [2.75, 3.05) is 32.1 Å². The summed E-state index contributed by atoms with van der Waals surface area (Å²) in [6.45, 7) is 1.39. The predicted octanol–water partition coefficient (Wildman–Crippen LogP) is 2.48. The van der Waals surface area contributed by atoms with Gasteiger partial charge in [0, 0.05) is 37.4 Å². The van der Waals surface area contributed by atoms with Crippen molar-refractivity contribution in [3.8, 4) is 5.82 Å². The van der Waals surface area contributed by atoms with Crippen molar-refractivity contribution < 1.29 is 4.79 Å². The van der Waals surface area contributed by atoms with E-state index in [0.717, 1.165) is 12.2 Å². The molecule has 1 amide bonds. The minimum atomic E-state index is -0.0624. The molecule has 6 heteroatoms. The maximum Gasteiger partial charge on any atom is 0.259 e. The first kappa shape index (κ1) is 16.9. The zero-order chi connectivity index (χ0) is 17.6. The van der Waals surface area contributed by atoms with Crippen molar-refractivity contribution in [3.63, 3.8) is 0 Å². The molecule has 128 valence electrons. The van der Waals surface area contributed by atoms with Gasteiger partial charge in [0.1, 0.15) is 0 Å². The molecule has 0 spiro atoms. The Bertz CT molecular complexity index is 798. The SMILES string of the molecule is CN(C)CCN(C(=O)c1ccc(-n2cccn2)nc1)c1ccccc1. The average Bonchev–Trinajstić information content (AvgIpc) is 3.17. The van der Waals surface area contributed by atoms with Crippen molar-refractivity contribution in [2.45, 2.75) is 0 Å². The third-order valence-corrected chi connectivity index (χ3v) is 3.82. The molecule has 0 unspecified atom stereocenters. The zero-order valence-electron chi connectivity index (χ0n) is 14.4. The van der Waals surface area contributed by atoms with E-state index in [4.69, 9.17) is 0 Å². The lowest BCUT2D eigenvalue weighted by atomic mass is 10.2. The molecule has 0 aliphatic carbocycles. The summed E-state index contributed by atoms with van der Waals surface area (Å²) >= 11 is 0. The quantitative estimate of drug-likeness (QED) is 0.694. The van der Waals surface area contributed by atoms with E-state index in [2.05, 4.69) is 15.0 Å². The van der Waals surface area contributed by atoms with Crippen molar-refractivity contribution in [1.29, 1.82) is 0 Å². The number of hydrogen-bond acceptors (Lipinski definition) is 4. The highest BCUT2D eigenvalue weighted by molar-refractivity contribution is 6.05. The number of pyridine rings is 1. The largest absolute Gasteiger partial charge is 0.308 e. The van der Waals surface area contributed by atoms with E-state index in [9.17, 15) is 4.79 Å². The number of rotatable bonds is 6. The molecule has 0 aliphatic rings. The van der Waals surface area contributed by atoms with Gasteiger partial charge in [0.05, 0.1) is 5.56 Å². The lowest BCUT2D eigenvalue weighted by Gasteiger charge is -2.24. The Morgan fingerprint density at radius 3 is 2.44 bits per heavy atom. The monoisotopic (exact) mass is 335 g/mol. The van der Waals surface area contributed by atoms with Crippen LogP contribution in [0.25, 0.3) is 5.82 Å².